The van der Waals surface area contributed by atoms with E-state index in [9.17, 15) is 4.79 Å². The summed E-state index contributed by atoms with van der Waals surface area (Å²) in [5.74, 6) is 1.76. The summed E-state index contributed by atoms with van der Waals surface area (Å²) in [6, 6.07) is 0. The normalized spacial score (nSPS) is 13.5. The fourth-order valence-electron chi connectivity index (χ4n) is 2.27. The van der Waals surface area contributed by atoms with Gasteiger partial charge in [0.05, 0.1) is 5.94 Å². The number of hydrogen-bond donors (Lipinski definition) is 1. The van der Waals surface area contributed by atoms with Crippen LogP contribution in [0.25, 0.3) is 0 Å². The number of allylic oxidation sites excluding steroid dienone is 4. The van der Waals surface area contributed by atoms with Gasteiger partial charge in [-0.1, -0.05) is 44.1 Å². The third kappa shape index (κ3) is 13.0. The highest BCUT2D eigenvalue weighted by atomic mass is 32.2. The molecule has 3 nitrogen and oxygen atoms in total. The lowest BCUT2D eigenvalue weighted by Gasteiger charge is -2.07. The fourth-order valence-corrected chi connectivity index (χ4v) is 3.03. The zero-order valence-electron chi connectivity index (χ0n) is 13.0. The van der Waals surface area contributed by atoms with Crippen molar-refractivity contribution in [3.05, 3.63) is 23.8 Å². The van der Waals surface area contributed by atoms with Gasteiger partial charge < -0.3 is 10.5 Å². The highest BCUT2D eigenvalue weighted by Gasteiger charge is 1.98. The number of ether oxygens (including phenoxy) is 1. The van der Waals surface area contributed by atoms with Crippen molar-refractivity contribution < 1.29 is 11.0 Å². The van der Waals surface area contributed by atoms with Crippen LogP contribution in [0.5, 0.6) is 0 Å². The maximum Gasteiger partial charge on any atom is 0.217 e. The molecular weight excluding hydrogens is 294 g/mol. The fraction of sp³-hybridized carbons (Fsp3) is 0.722. The van der Waals surface area contributed by atoms with Gasteiger partial charge in [-0.2, -0.15) is 0 Å². The van der Waals surface area contributed by atoms with Crippen molar-refractivity contribution in [1.82, 2.24) is 0 Å². The standard InChI is InChI=1S/C17H29NO2S.CH4.H2/c18-17(19)12-6-1-2-7-14-21-15-20-13-8-11-16-9-4-3-5-10-16;;/h4,9-10H,1-3,5-8,11-15H2,(H2,18,19);1H4;1H. The molecule has 0 bridgehead atoms. The Morgan fingerprint density at radius 1 is 1.23 bits per heavy atom. The van der Waals surface area contributed by atoms with Crippen LogP contribution in [0.3, 0.4) is 0 Å². The van der Waals surface area contributed by atoms with Crippen molar-refractivity contribution in [3.63, 3.8) is 0 Å². The number of carbonyl (C=O) groups is 1. The molecule has 0 saturated heterocycles. The van der Waals surface area contributed by atoms with E-state index < -0.39 is 0 Å². The lowest BCUT2D eigenvalue weighted by atomic mass is 10.0. The quantitative estimate of drug-likeness (QED) is 0.379. The highest BCUT2D eigenvalue weighted by Crippen LogP contribution is 2.15. The molecule has 0 aliphatic heterocycles. The van der Waals surface area contributed by atoms with Crippen LogP contribution >= 0.6 is 11.8 Å². The summed E-state index contributed by atoms with van der Waals surface area (Å²) < 4.78 is 5.63. The predicted molar refractivity (Wildman–Crippen MR) is 100 cm³/mol. The van der Waals surface area contributed by atoms with E-state index >= 15 is 0 Å². The van der Waals surface area contributed by atoms with Crippen molar-refractivity contribution in [2.24, 2.45) is 5.73 Å². The average molecular weight is 330 g/mol. The predicted octanol–water partition coefficient (Wildman–Crippen LogP) is 5.07. The summed E-state index contributed by atoms with van der Waals surface area (Å²) in [5.41, 5.74) is 6.56. The Labute approximate surface area is 142 Å². The molecular formula is C18H35NO2S. The molecule has 1 aliphatic rings. The zero-order valence-corrected chi connectivity index (χ0v) is 13.8. The van der Waals surface area contributed by atoms with Gasteiger partial charge in [-0.25, -0.2) is 0 Å². The van der Waals surface area contributed by atoms with Gasteiger partial charge in [-0.15, -0.1) is 11.8 Å². The molecule has 0 radical (unpaired) electrons. The molecule has 0 aromatic heterocycles. The monoisotopic (exact) mass is 329 g/mol. The Morgan fingerprint density at radius 3 is 2.77 bits per heavy atom. The SMILES string of the molecule is C.NC(=O)CCCCCCSCOCCCC1=CCCC=C1.[HH]. The van der Waals surface area contributed by atoms with Gasteiger partial charge in [-0.05, 0) is 44.3 Å². The molecule has 4 heteroatoms. The van der Waals surface area contributed by atoms with Gasteiger partial charge in [0.2, 0.25) is 5.91 Å². The maximum absolute atomic E-state index is 10.6. The van der Waals surface area contributed by atoms with Crippen LogP contribution in [0.4, 0.5) is 0 Å². The second kappa shape index (κ2) is 15.2. The third-order valence-corrected chi connectivity index (χ3v) is 4.37. The van der Waals surface area contributed by atoms with Gasteiger partial charge in [-0.3, -0.25) is 4.79 Å². The van der Waals surface area contributed by atoms with Crippen LogP contribution in [-0.4, -0.2) is 24.2 Å². The molecule has 1 rings (SSSR count). The minimum atomic E-state index is -0.183. The molecule has 0 aromatic carbocycles. The Bertz CT molecular complexity index is 346. The van der Waals surface area contributed by atoms with Gasteiger partial charge in [0, 0.05) is 14.5 Å². The summed E-state index contributed by atoms with van der Waals surface area (Å²) in [5, 5.41) is 0. The molecule has 130 valence electrons. The molecule has 0 unspecified atom stereocenters. The molecule has 0 saturated carbocycles. The lowest BCUT2D eigenvalue weighted by molar-refractivity contribution is -0.118. The van der Waals surface area contributed by atoms with Crippen molar-refractivity contribution in [2.45, 2.75) is 65.2 Å². The summed E-state index contributed by atoms with van der Waals surface area (Å²) in [6.45, 7) is 0.858. The highest BCUT2D eigenvalue weighted by molar-refractivity contribution is 7.99. The number of carbonyl (C=O) groups excluding carboxylic acids is 1. The minimum Gasteiger partial charge on any atom is -0.371 e. The minimum absolute atomic E-state index is 0. The molecule has 0 atom stereocenters. The van der Waals surface area contributed by atoms with Crippen LogP contribution in [-0.2, 0) is 9.53 Å². The number of rotatable bonds is 13. The van der Waals surface area contributed by atoms with Crippen molar-refractivity contribution in [3.8, 4) is 0 Å². The molecule has 0 aromatic rings. The topological polar surface area (TPSA) is 52.3 Å². The van der Waals surface area contributed by atoms with E-state index in [1.165, 1.54) is 31.3 Å². The molecule has 1 aliphatic carbocycles. The molecule has 2 N–H and O–H groups in total. The first kappa shape index (κ1) is 21.3. The summed E-state index contributed by atoms with van der Waals surface area (Å²) in [4.78, 5) is 10.6. The summed E-state index contributed by atoms with van der Waals surface area (Å²) >= 11 is 1.86. The number of unbranched alkanes of at least 4 members (excludes halogenated alkanes) is 3. The first-order valence-corrected chi connectivity index (χ1v) is 9.24. The number of thioether (sulfide) groups is 1. The van der Waals surface area contributed by atoms with Crippen LogP contribution in [0.1, 0.15) is 66.6 Å². The number of primary amides is 1. The lowest BCUT2D eigenvalue weighted by Crippen LogP contribution is -2.09. The van der Waals surface area contributed by atoms with Crippen LogP contribution in [0.15, 0.2) is 23.8 Å². The smallest absolute Gasteiger partial charge is 0.217 e. The van der Waals surface area contributed by atoms with Gasteiger partial charge in [0.1, 0.15) is 0 Å². The Hall–Kier alpha value is -0.740. The number of nitrogens with two attached hydrogens (primary N) is 1. The molecule has 0 fully saturated rings. The van der Waals surface area contributed by atoms with Gasteiger partial charge >= 0.3 is 0 Å². The summed E-state index contributed by atoms with van der Waals surface area (Å²) in [6.07, 6.45) is 16.4. The van der Waals surface area contributed by atoms with E-state index in [2.05, 4.69) is 18.2 Å². The maximum atomic E-state index is 10.6. The van der Waals surface area contributed by atoms with Crippen molar-refractivity contribution >= 4 is 17.7 Å². The van der Waals surface area contributed by atoms with Gasteiger partial charge in [0.25, 0.3) is 0 Å². The van der Waals surface area contributed by atoms with Crippen LogP contribution in [0, 0.1) is 0 Å². The Balaban J connectivity index is 0. The van der Waals surface area contributed by atoms with Crippen molar-refractivity contribution in [2.75, 3.05) is 18.3 Å². The molecule has 0 heterocycles. The van der Waals surface area contributed by atoms with E-state index in [1.54, 1.807) is 0 Å². The summed E-state index contributed by atoms with van der Waals surface area (Å²) in [7, 11) is 0. The van der Waals surface area contributed by atoms with E-state index in [-0.39, 0.29) is 14.8 Å². The van der Waals surface area contributed by atoms with E-state index in [1.807, 2.05) is 11.8 Å². The zero-order chi connectivity index (χ0) is 15.2. The first-order chi connectivity index (χ1) is 10.3. The Morgan fingerprint density at radius 2 is 2.05 bits per heavy atom. The first-order valence-electron chi connectivity index (χ1n) is 8.08. The number of hydrogen-bond acceptors (Lipinski definition) is 3. The van der Waals surface area contributed by atoms with E-state index in [0.29, 0.717) is 6.42 Å². The van der Waals surface area contributed by atoms with E-state index in [4.69, 9.17) is 10.5 Å². The van der Waals surface area contributed by atoms with Crippen molar-refractivity contribution in [1.29, 1.82) is 0 Å². The third-order valence-electron chi connectivity index (χ3n) is 3.45. The number of amides is 1. The molecule has 0 spiro atoms. The second-order valence-electron chi connectivity index (χ2n) is 5.43. The average Bonchev–Trinajstić information content (AvgIpc) is 2.49. The van der Waals surface area contributed by atoms with Crippen LogP contribution in [0.2, 0.25) is 0 Å². The second-order valence-corrected chi connectivity index (χ2v) is 6.48. The largest absolute Gasteiger partial charge is 0.371 e. The molecule has 1 amide bonds. The van der Waals surface area contributed by atoms with E-state index in [0.717, 1.165) is 44.0 Å². The Kier molecular flexibility index (Phi) is 14.7. The van der Waals surface area contributed by atoms with Gasteiger partial charge in [0.15, 0.2) is 0 Å². The van der Waals surface area contributed by atoms with Crippen LogP contribution < -0.4 is 5.73 Å². The molecule has 22 heavy (non-hydrogen) atoms.